The lowest BCUT2D eigenvalue weighted by molar-refractivity contribution is -0.141. The number of rotatable bonds is 6. The van der Waals surface area contributed by atoms with Crippen molar-refractivity contribution in [1.82, 2.24) is 14.7 Å². The summed E-state index contributed by atoms with van der Waals surface area (Å²) in [6.07, 6.45) is 2.58. The number of likely N-dealkylation sites (tertiary alicyclic amines) is 1. The number of piperazine rings is 1. The van der Waals surface area contributed by atoms with Crippen LogP contribution in [-0.2, 0) is 28.9 Å². The number of hydrogen-bond acceptors (Lipinski definition) is 4. The van der Waals surface area contributed by atoms with E-state index in [-0.39, 0.29) is 35.7 Å². The standard InChI is InChI=1S/C32H41F2N3O3/c1-20-17-35(25-14-22-7-5-21(6-10-30(38)39)13-23(22)15-25)11-12-37(20)31(40)28-19-36(32(2,3)4)18-27(28)26-9-8-24(33)16-29(26)34/h5,7-9,13,16,20,25,27-28H,6,10-12,14-15,17-19H2,1-4H3,(H,38,39)/t20-,25-,27-,28+/m0/s1. The van der Waals surface area contributed by atoms with Gasteiger partial charge in [-0.1, -0.05) is 24.3 Å². The zero-order valence-corrected chi connectivity index (χ0v) is 24.0. The van der Waals surface area contributed by atoms with E-state index in [0.29, 0.717) is 37.7 Å². The zero-order chi connectivity index (χ0) is 28.8. The molecule has 216 valence electrons. The maximum Gasteiger partial charge on any atom is 0.303 e. The number of amides is 1. The van der Waals surface area contributed by atoms with Crippen LogP contribution in [0.3, 0.4) is 0 Å². The van der Waals surface area contributed by atoms with Crippen molar-refractivity contribution in [3.8, 4) is 0 Å². The second-order valence-corrected chi connectivity index (χ2v) is 12.9. The summed E-state index contributed by atoms with van der Waals surface area (Å²) in [7, 11) is 0. The summed E-state index contributed by atoms with van der Waals surface area (Å²) >= 11 is 0. The van der Waals surface area contributed by atoms with E-state index in [1.165, 1.54) is 23.3 Å². The van der Waals surface area contributed by atoms with Crippen LogP contribution in [0.25, 0.3) is 0 Å². The van der Waals surface area contributed by atoms with Crippen LogP contribution in [0.1, 0.15) is 62.3 Å². The monoisotopic (exact) mass is 553 g/mol. The maximum atomic E-state index is 14.9. The second-order valence-electron chi connectivity index (χ2n) is 12.9. The number of halogens is 2. The van der Waals surface area contributed by atoms with E-state index < -0.39 is 17.6 Å². The molecule has 2 aromatic carbocycles. The minimum Gasteiger partial charge on any atom is -0.481 e. The number of aryl methyl sites for hydroxylation is 1. The Hall–Kier alpha value is -2.84. The predicted octanol–water partition coefficient (Wildman–Crippen LogP) is 4.50. The molecule has 0 aromatic heterocycles. The minimum absolute atomic E-state index is 0.0264. The third-order valence-electron chi connectivity index (χ3n) is 9.22. The first-order chi connectivity index (χ1) is 18.9. The van der Waals surface area contributed by atoms with E-state index in [9.17, 15) is 18.4 Å². The van der Waals surface area contributed by atoms with Crippen LogP contribution >= 0.6 is 0 Å². The second kappa shape index (κ2) is 11.2. The number of aliphatic carboxylic acids is 1. The zero-order valence-electron chi connectivity index (χ0n) is 24.0. The molecule has 2 fully saturated rings. The highest BCUT2D eigenvalue weighted by molar-refractivity contribution is 5.81. The van der Waals surface area contributed by atoms with Gasteiger partial charge in [0.25, 0.3) is 0 Å². The van der Waals surface area contributed by atoms with E-state index in [1.807, 2.05) is 11.0 Å². The summed E-state index contributed by atoms with van der Waals surface area (Å²) in [4.78, 5) is 31.7. The molecule has 0 radical (unpaired) electrons. The molecule has 2 heterocycles. The average molecular weight is 554 g/mol. The van der Waals surface area contributed by atoms with Crippen molar-refractivity contribution in [2.75, 3.05) is 32.7 Å². The average Bonchev–Trinajstić information content (AvgIpc) is 3.52. The van der Waals surface area contributed by atoms with Crippen LogP contribution in [0.4, 0.5) is 8.78 Å². The van der Waals surface area contributed by atoms with E-state index in [2.05, 4.69) is 49.6 Å². The molecular weight excluding hydrogens is 512 g/mol. The first kappa shape index (κ1) is 28.7. The van der Waals surface area contributed by atoms with Gasteiger partial charge in [0.15, 0.2) is 0 Å². The van der Waals surface area contributed by atoms with Crippen LogP contribution in [0.15, 0.2) is 36.4 Å². The first-order valence-electron chi connectivity index (χ1n) is 14.5. The molecule has 6 nitrogen and oxygen atoms in total. The predicted molar refractivity (Wildman–Crippen MR) is 150 cm³/mol. The fourth-order valence-corrected chi connectivity index (χ4v) is 6.89. The molecule has 2 aliphatic heterocycles. The maximum absolute atomic E-state index is 14.9. The summed E-state index contributed by atoms with van der Waals surface area (Å²) in [6, 6.07) is 10.5. The van der Waals surface area contributed by atoms with Gasteiger partial charge in [0.2, 0.25) is 5.91 Å². The summed E-state index contributed by atoms with van der Waals surface area (Å²) < 4.78 is 28.6. The van der Waals surface area contributed by atoms with Crippen LogP contribution in [0, 0.1) is 17.6 Å². The molecule has 5 rings (SSSR count). The van der Waals surface area contributed by atoms with Gasteiger partial charge in [0.05, 0.1) is 5.92 Å². The van der Waals surface area contributed by atoms with Crippen molar-refractivity contribution >= 4 is 11.9 Å². The summed E-state index contributed by atoms with van der Waals surface area (Å²) in [5, 5.41) is 9.01. The molecule has 3 aliphatic rings. The SMILES string of the molecule is C[C@H]1CN([C@H]2Cc3ccc(CCC(=O)O)cc3C2)CCN1C(=O)[C@@H]1CN(C(C)(C)C)C[C@H]1c1ccc(F)cc1F. The van der Waals surface area contributed by atoms with Crippen molar-refractivity contribution in [2.24, 2.45) is 5.92 Å². The highest BCUT2D eigenvalue weighted by Crippen LogP contribution is 2.39. The molecule has 1 aliphatic carbocycles. The van der Waals surface area contributed by atoms with E-state index in [4.69, 9.17) is 5.11 Å². The van der Waals surface area contributed by atoms with Gasteiger partial charge in [-0.3, -0.25) is 19.4 Å². The highest BCUT2D eigenvalue weighted by Gasteiger charge is 2.46. The van der Waals surface area contributed by atoms with Crippen molar-refractivity contribution in [3.63, 3.8) is 0 Å². The van der Waals surface area contributed by atoms with Crippen molar-refractivity contribution < 1.29 is 23.5 Å². The molecule has 2 saturated heterocycles. The molecule has 0 spiro atoms. The Morgan fingerprint density at radius 1 is 0.975 bits per heavy atom. The molecule has 40 heavy (non-hydrogen) atoms. The van der Waals surface area contributed by atoms with Gasteiger partial charge >= 0.3 is 5.97 Å². The lowest BCUT2D eigenvalue weighted by atomic mass is 9.87. The topological polar surface area (TPSA) is 64.1 Å². The van der Waals surface area contributed by atoms with Crippen molar-refractivity contribution in [1.29, 1.82) is 0 Å². The van der Waals surface area contributed by atoms with Gasteiger partial charge in [0, 0.05) is 68.8 Å². The van der Waals surface area contributed by atoms with Crippen molar-refractivity contribution in [2.45, 2.75) is 76.9 Å². The van der Waals surface area contributed by atoms with Gasteiger partial charge in [-0.25, -0.2) is 8.78 Å². The van der Waals surface area contributed by atoms with E-state index in [1.54, 1.807) is 0 Å². The van der Waals surface area contributed by atoms with Gasteiger partial charge in [-0.15, -0.1) is 0 Å². The quantitative estimate of drug-likeness (QED) is 0.571. The smallest absolute Gasteiger partial charge is 0.303 e. The molecular formula is C32H41F2N3O3. The molecule has 2 aromatic rings. The Balaban J connectivity index is 1.26. The number of benzene rings is 2. The van der Waals surface area contributed by atoms with Crippen LogP contribution in [0.2, 0.25) is 0 Å². The normalized spacial score (nSPS) is 25.8. The third kappa shape index (κ3) is 5.93. The fourth-order valence-electron chi connectivity index (χ4n) is 6.89. The van der Waals surface area contributed by atoms with Gasteiger partial charge in [-0.05, 0) is 75.3 Å². The Labute approximate surface area is 235 Å². The number of carboxylic acid groups (broad SMARTS) is 1. The lowest BCUT2D eigenvalue weighted by Crippen LogP contribution is -2.58. The molecule has 0 saturated carbocycles. The van der Waals surface area contributed by atoms with Crippen molar-refractivity contribution in [3.05, 3.63) is 70.3 Å². The van der Waals surface area contributed by atoms with Crippen LogP contribution in [0.5, 0.6) is 0 Å². The Morgan fingerprint density at radius 2 is 1.73 bits per heavy atom. The van der Waals surface area contributed by atoms with Gasteiger partial charge < -0.3 is 10.0 Å². The third-order valence-corrected chi connectivity index (χ3v) is 9.22. The highest BCUT2D eigenvalue weighted by atomic mass is 19.1. The van der Waals surface area contributed by atoms with Gasteiger partial charge in [0.1, 0.15) is 11.6 Å². The van der Waals surface area contributed by atoms with E-state index in [0.717, 1.165) is 37.6 Å². The number of nitrogens with zero attached hydrogens (tertiary/aromatic N) is 3. The summed E-state index contributed by atoms with van der Waals surface area (Å²) in [6.45, 7) is 11.7. The molecule has 8 heteroatoms. The summed E-state index contributed by atoms with van der Waals surface area (Å²) in [5.74, 6) is -2.61. The Bertz CT molecular complexity index is 1280. The largest absolute Gasteiger partial charge is 0.481 e. The first-order valence-corrected chi connectivity index (χ1v) is 14.5. The Kier molecular flexibility index (Phi) is 8.03. The van der Waals surface area contributed by atoms with Gasteiger partial charge in [-0.2, -0.15) is 0 Å². The molecule has 4 atom stereocenters. The fraction of sp³-hybridized carbons (Fsp3) is 0.562. The lowest BCUT2D eigenvalue weighted by Gasteiger charge is -2.43. The summed E-state index contributed by atoms with van der Waals surface area (Å²) in [5.41, 5.74) is 3.95. The molecule has 1 amide bonds. The van der Waals surface area contributed by atoms with Crippen LogP contribution in [-0.4, -0.2) is 82.0 Å². The van der Waals surface area contributed by atoms with E-state index >= 15 is 0 Å². The number of fused-ring (bicyclic) bond motifs is 1. The molecule has 0 unspecified atom stereocenters. The van der Waals surface area contributed by atoms with Crippen LogP contribution < -0.4 is 0 Å². The number of carbonyl (C=O) groups excluding carboxylic acids is 1. The number of carbonyl (C=O) groups is 2. The molecule has 1 N–H and O–H groups in total. The Morgan fingerprint density at radius 3 is 2.40 bits per heavy atom. The minimum atomic E-state index is -0.780. The molecule has 0 bridgehead atoms. The number of hydrogen-bond donors (Lipinski definition) is 1. The number of carboxylic acids is 1.